The first-order valence-corrected chi connectivity index (χ1v) is 30.0. The Morgan fingerprint density at radius 1 is 0.288 bits per heavy atom. The van der Waals surface area contributed by atoms with Crippen molar-refractivity contribution in [2.24, 2.45) is 0 Å². The Hall–Kier alpha value is -4.19. The number of allylic oxidation sites excluding steroid dienone is 20. The minimum Gasteiger partial charge on any atom is -0.462 e. The molecule has 0 aromatic carbocycles. The summed E-state index contributed by atoms with van der Waals surface area (Å²) < 4.78 is 16.8. The third-order valence-electron chi connectivity index (χ3n) is 12.4. The van der Waals surface area contributed by atoms with Crippen molar-refractivity contribution in [1.82, 2.24) is 0 Å². The van der Waals surface area contributed by atoms with Crippen molar-refractivity contribution in [2.45, 2.75) is 271 Å². The van der Waals surface area contributed by atoms with Gasteiger partial charge in [-0.1, -0.05) is 245 Å². The Labute approximate surface area is 450 Å². The molecule has 0 aliphatic heterocycles. The fourth-order valence-corrected chi connectivity index (χ4v) is 7.94. The smallest absolute Gasteiger partial charge is 0.306 e. The monoisotopic (exact) mass is 1010 g/mol. The molecule has 0 aromatic rings. The van der Waals surface area contributed by atoms with Crippen LogP contribution in [0.4, 0.5) is 0 Å². The lowest BCUT2D eigenvalue weighted by molar-refractivity contribution is -0.166. The van der Waals surface area contributed by atoms with Crippen LogP contribution in [0.25, 0.3) is 0 Å². The summed E-state index contributed by atoms with van der Waals surface area (Å²) in [6, 6.07) is 0. The largest absolute Gasteiger partial charge is 0.462 e. The van der Waals surface area contributed by atoms with Crippen LogP contribution in [0.15, 0.2) is 122 Å². The number of unbranched alkanes of at least 4 members (excludes halogenated alkanes) is 22. The summed E-state index contributed by atoms with van der Waals surface area (Å²) in [7, 11) is 0. The molecule has 0 fully saturated rings. The van der Waals surface area contributed by atoms with Crippen LogP contribution in [0.5, 0.6) is 0 Å². The van der Waals surface area contributed by atoms with Gasteiger partial charge in [0.05, 0.1) is 0 Å². The van der Waals surface area contributed by atoms with Crippen LogP contribution >= 0.6 is 0 Å². The molecule has 6 heteroatoms. The third-order valence-corrected chi connectivity index (χ3v) is 12.4. The Kier molecular flexibility index (Phi) is 56.9. The van der Waals surface area contributed by atoms with Crippen molar-refractivity contribution in [2.75, 3.05) is 13.2 Å². The maximum absolute atomic E-state index is 12.9. The van der Waals surface area contributed by atoms with E-state index in [2.05, 4.69) is 136 Å². The van der Waals surface area contributed by atoms with E-state index in [0.717, 1.165) is 96.3 Å². The first-order valence-electron chi connectivity index (χ1n) is 30.0. The molecule has 0 aromatic heterocycles. The molecule has 414 valence electrons. The van der Waals surface area contributed by atoms with E-state index in [0.29, 0.717) is 19.3 Å². The van der Waals surface area contributed by atoms with E-state index >= 15 is 0 Å². The topological polar surface area (TPSA) is 78.9 Å². The molecule has 0 aliphatic rings. The van der Waals surface area contributed by atoms with Crippen LogP contribution in [0.3, 0.4) is 0 Å². The van der Waals surface area contributed by atoms with Crippen LogP contribution in [0.2, 0.25) is 0 Å². The highest BCUT2D eigenvalue weighted by Crippen LogP contribution is 2.14. The average molecular weight is 1010 g/mol. The van der Waals surface area contributed by atoms with E-state index in [1.165, 1.54) is 122 Å². The molecule has 0 bridgehead atoms. The Morgan fingerprint density at radius 2 is 0.562 bits per heavy atom. The normalized spacial score (nSPS) is 13.0. The highest BCUT2D eigenvalue weighted by Gasteiger charge is 2.19. The van der Waals surface area contributed by atoms with Gasteiger partial charge >= 0.3 is 17.9 Å². The van der Waals surface area contributed by atoms with Crippen molar-refractivity contribution in [3.63, 3.8) is 0 Å². The lowest BCUT2D eigenvalue weighted by atomic mass is 10.1. The summed E-state index contributed by atoms with van der Waals surface area (Å²) in [5.41, 5.74) is 0. The SMILES string of the molecule is CC/C=C\C/C=C\C/C=C\C/C=C\C/C=C\C/C=C\CCC(=O)OC[C@H](COC(=O)CCCCCCCCCCC/C=C\C/C=C\CCCCC)OC(=O)CCCCCCCCC/C=C\C/C=C\CCCCC. The summed E-state index contributed by atoms with van der Waals surface area (Å²) in [6.07, 6.45) is 83.4. The van der Waals surface area contributed by atoms with Gasteiger partial charge in [-0.3, -0.25) is 14.4 Å². The molecule has 0 heterocycles. The summed E-state index contributed by atoms with van der Waals surface area (Å²) in [6.45, 7) is 6.41. The maximum atomic E-state index is 12.9. The van der Waals surface area contributed by atoms with E-state index < -0.39 is 6.10 Å². The van der Waals surface area contributed by atoms with E-state index in [1.807, 2.05) is 6.08 Å². The third kappa shape index (κ3) is 58.6. The van der Waals surface area contributed by atoms with Crippen LogP contribution in [-0.4, -0.2) is 37.2 Å². The zero-order valence-corrected chi connectivity index (χ0v) is 47.4. The number of carbonyl (C=O) groups excluding carboxylic acids is 3. The molecule has 0 radical (unpaired) electrons. The van der Waals surface area contributed by atoms with Crippen molar-refractivity contribution < 1.29 is 28.6 Å². The standard InChI is InChI=1S/C67H110O6/c1-4-7-10-13-16-19-22-25-28-31-33-36-38-41-44-47-50-53-56-59-65(68)71-62-64(73-67(70)61-58-55-52-49-46-43-40-35-30-27-24-21-18-15-12-9-6-3)63-72-66(69)60-57-54-51-48-45-42-39-37-34-32-29-26-23-20-17-14-11-8-5-2/h7,10,16-21,25-30,33,36,41,44,50,53,64H,4-6,8-9,11-15,22-24,31-32,34-35,37-40,42-43,45-49,51-52,54-63H2,1-3H3/b10-7-,19-16-,20-17-,21-18-,28-25-,29-26-,30-27-,36-33-,44-41-,53-50-/t64-/m1/s1. The van der Waals surface area contributed by atoms with E-state index in [-0.39, 0.29) is 37.5 Å². The molecule has 0 spiro atoms. The molecule has 0 N–H and O–H groups in total. The highest BCUT2D eigenvalue weighted by atomic mass is 16.6. The predicted octanol–water partition coefficient (Wildman–Crippen LogP) is 20.4. The molecule has 0 aliphatic carbocycles. The predicted molar refractivity (Wildman–Crippen MR) is 316 cm³/mol. The van der Waals surface area contributed by atoms with Gasteiger partial charge in [-0.15, -0.1) is 0 Å². The van der Waals surface area contributed by atoms with Crippen molar-refractivity contribution in [3.8, 4) is 0 Å². The fraction of sp³-hybridized carbons (Fsp3) is 0.657. The summed E-state index contributed by atoms with van der Waals surface area (Å²) in [5, 5.41) is 0. The second-order valence-electron chi connectivity index (χ2n) is 19.5. The zero-order chi connectivity index (χ0) is 52.9. The highest BCUT2D eigenvalue weighted by molar-refractivity contribution is 5.71. The van der Waals surface area contributed by atoms with E-state index in [9.17, 15) is 14.4 Å². The first-order chi connectivity index (χ1) is 36.0. The van der Waals surface area contributed by atoms with Crippen LogP contribution in [0.1, 0.15) is 265 Å². The van der Waals surface area contributed by atoms with Gasteiger partial charge in [-0.05, 0) is 122 Å². The minimum atomic E-state index is -0.819. The Bertz CT molecular complexity index is 1540. The molecule has 1 atom stereocenters. The van der Waals surface area contributed by atoms with Crippen molar-refractivity contribution in [1.29, 1.82) is 0 Å². The Balaban J connectivity index is 4.52. The first kappa shape index (κ1) is 68.8. The zero-order valence-electron chi connectivity index (χ0n) is 47.4. The van der Waals surface area contributed by atoms with Crippen LogP contribution < -0.4 is 0 Å². The number of hydrogen-bond donors (Lipinski definition) is 0. The lowest BCUT2D eigenvalue weighted by Gasteiger charge is -2.18. The van der Waals surface area contributed by atoms with Crippen molar-refractivity contribution >= 4 is 17.9 Å². The quantitative estimate of drug-likeness (QED) is 0.0261. The average Bonchev–Trinajstić information content (AvgIpc) is 3.39. The molecular weight excluding hydrogens is 901 g/mol. The van der Waals surface area contributed by atoms with Gasteiger partial charge in [0.2, 0.25) is 0 Å². The number of esters is 3. The molecule has 6 nitrogen and oxygen atoms in total. The van der Waals surface area contributed by atoms with Gasteiger partial charge in [0.15, 0.2) is 6.10 Å². The van der Waals surface area contributed by atoms with Gasteiger partial charge in [-0.2, -0.15) is 0 Å². The molecule has 73 heavy (non-hydrogen) atoms. The molecule has 0 unspecified atom stereocenters. The van der Waals surface area contributed by atoms with Gasteiger partial charge in [0.1, 0.15) is 13.2 Å². The molecule has 0 amide bonds. The fourth-order valence-electron chi connectivity index (χ4n) is 7.94. The lowest BCUT2D eigenvalue weighted by Crippen LogP contribution is -2.30. The van der Waals surface area contributed by atoms with Gasteiger partial charge < -0.3 is 14.2 Å². The number of ether oxygens (including phenoxy) is 3. The summed E-state index contributed by atoms with van der Waals surface area (Å²) in [4.78, 5) is 38.2. The summed E-state index contributed by atoms with van der Waals surface area (Å²) in [5.74, 6) is -1.01. The molecule has 0 saturated carbocycles. The van der Waals surface area contributed by atoms with Crippen LogP contribution in [0, 0.1) is 0 Å². The molecule has 0 saturated heterocycles. The Morgan fingerprint density at radius 3 is 0.918 bits per heavy atom. The second-order valence-corrected chi connectivity index (χ2v) is 19.5. The van der Waals surface area contributed by atoms with Crippen molar-refractivity contribution in [3.05, 3.63) is 122 Å². The van der Waals surface area contributed by atoms with Crippen LogP contribution in [-0.2, 0) is 28.6 Å². The second kappa shape index (κ2) is 60.4. The molecular formula is C67H110O6. The van der Waals surface area contributed by atoms with Gasteiger partial charge in [0.25, 0.3) is 0 Å². The van der Waals surface area contributed by atoms with E-state index in [4.69, 9.17) is 14.2 Å². The summed E-state index contributed by atoms with van der Waals surface area (Å²) >= 11 is 0. The minimum absolute atomic E-state index is 0.109. The molecule has 0 rings (SSSR count). The number of carbonyl (C=O) groups is 3. The van der Waals surface area contributed by atoms with Gasteiger partial charge in [-0.25, -0.2) is 0 Å². The number of rotatable bonds is 53. The van der Waals surface area contributed by atoms with Gasteiger partial charge in [0, 0.05) is 19.3 Å². The van der Waals surface area contributed by atoms with E-state index in [1.54, 1.807) is 0 Å². The maximum Gasteiger partial charge on any atom is 0.306 e. The number of hydrogen-bond acceptors (Lipinski definition) is 6.